The molecule has 6 heteroatoms. The number of rotatable bonds is 5. The highest BCUT2D eigenvalue weighted by Gasteiger charge is 2.10. The molecule has 98 valence electrons. The summed E-state index contributed by atoms with van der Waals surface area (Å²) in [5, 5.41) is 19.1. The number of hydrogen-bond acceptors (Lipinski definition) is 4. The number of nitrogens with one attached hydrogen (secondary N) is 1. The van der Waals surface area contributed by atoms with E-state index in [0.717, 1.165) is 0 Å². The Hall–Kier alpha value is -2.50. The second-order valence-electron chi connectivity index (χ2n) is 3.87. The number of carboxylic acid groups (broad SMARTS) is 1. The van der Waals surface area contributed by atoms with E-state index < -0.39 is 5.97 Å². The van der Waals surface area contributed by atoms with E-state index in [1.807, 2.05) is 0 Å². The van der Waals surface area contributed by atoms with Crippen LogP contribution in [0.2, 0.25) is 0 Å². The molecule has 1 heterocycles. The minimum atomic E-state index is -1.08. The van der Waals surface area contributed by atoms with E-state index in [9.17, 15) is 9.18 Å². The molecule has 1 aromatic heterocycles. The molecule has 0 amide bonds. The van der Waals surface area contributed by atoms with Crippen molar-refractivity contribution in [3.8, 4) is 0 Å². The van der Waals surface area contributed by atoms with Gasteiger partial charge >= 0.3 is 5.97 Å². The number of carbonyl (C=O) groups is 1. The lowest BCUT2D eigenvalue weighted by atomic mass is 10.1. The molecule has 0 unspecified atom stereocenters. The van der Waals surface area contributed by atoms with Crippen molar-refractivity contribution in [1.82, 2.24) is 10.2 Å². The lowest BCUT2D eigenvalue weighted by Gasteiger charge is -2.07. The van der Waals surface area contributed by atoms with Crippen molar-refractivity contribution in [3.63, 3.8) is 0 Å². The van der Waals surface area contributed by atoms with Crippen LogP contribution in [0.15, 0.2) is 36.5 Å². The summed E-state index contributed by atoms with van der Waals surface area (Å²) < 4.78 is 13.4. The Labute approximate surface area is 109 Å². The van der Waals surface area contributed by atoms with Crippen molar-refractivity contribution in [1.29, 1.82) is 0 Å². The van der Waals surface area contributed by atoms with Crippen molar-refractivity contribution in [2.24, 2.45) is 0 Å². The molecule has 0 atom stereocenters. The van der Waals surface area contributed by atoms with E-state index in [1.165, 1.54) is 18.3 Å². The molecule has 0 aliphatic rings. The van der Waals surface area contributed by atoms with Gasteiger partial charge in [-0.1, -0.05) is 18.2 Å². The van der Waals surface area contributed by atoms with Crippen molar-refractivity contribution in [3.05, 3.63) is 53.5 Å². The summed E-state index contributed by atoms with van der Waals surface area (Å²) in [6, 6.07) is 7.81. The molecule has 2 N–H and O–H groups in total. The Balaban J connectivity index is 2.00. The SMILES string of the molecule is O=C(O)c1ccnnc1NCCc1ccccc1F. The highest BCUT2D eigenvalue weighted by Crippen LogP contribution is 2.11. The van der Waals surface area contributed by atoms with E-state index in [0.29, 0.717) is 18.5 Å². The van der Waals surface area contributed by atoms with Crippen molar-refractivity contribution >= 4 is 11.8 Å². The number of anilines is 1. The fourth-order valence-electron chi connectivity index (χ4n) is 1.65. The fourth-order valence-corrected chi connectivity index (χ4v) is 1.65. The van der Waals surface area contributed by atoms with Gasteiger partial charge in [-0.3, -0.25) is 0 Å². The van der Waals surface area contributed by atoms with Gasteiger partial charge in [0.25, 0.3) is 0 Å². The Kier molecular flexibility index (Phi) is 4.02. The Morgan fingerprint density at radius 1 is 1.32 bits per heavy atom. The van der Waals surface area contributed by atoms with Crippen LogP contribution in [0.5, 0.6) is 0 Å². The summed E-state index contributed by atoms with van der Waals surface area (Å²) in [5.74, 6) is -1.17. The van der Waals surface area contributed by atoms with Crippen LogP contribution >= 0.6 is 0 Å². The first kappa shape index (κ1) is 12.9. The first-order valence-electron chi connectivity index (χ1n) is 5.70. The average Bonchev–Trinajstić information content (AvgIpc) is 2.41. The molecule has 0 spiro atoms. The first-order chi connectivity index (χ1) is 9.18. The van der Waals surface area contributed by atoms with Crippen LogP contribution in [0.25, 0.3) is 0 Å². The van der Waals surface area contributed by atoms with E-state index in [-0.39, 0.29) is 17.2 Å². The van der Waals surface area contributed by atoms with Crippen LogP contribution in [0.4, 0.5) is 10.2 Å². The predicted octanol–water partition coefficient (Wildman–Crippen LogP) is 1.97. The highest BCUT2D eigenvalue weighted by atomic mass is 19.1. The molecule has 5 nitrogen and oxygen atoms in total. The predicted molar refractivity (Wildman–Crippen MR) is 67.6 cm³/mol. The van der Waals surface area contributed by atoms with Gasteiger partial charge in [0.15, 0.2) is 5.82 Å². The maximum absolute atomic E-state index is 13.4. The number of carboxylic acids is 1. The molecule has 0 saturated heterocycles. The summed E-state index contributed by atoms with van der Waals surface area (Å²) in [6.07, 6.45) is 1.74. The molecule has 19 heavy (non-hydrogen) atoms. The molecule has 0 aliphatic heterocycles. The zero-order chi connectivity index (χ0) is 13.7. The van der Waals surface area contributed by atoms with Crippen LogP contribution in [-0.4, -0.2) is 27.8 Å². The van der Waals surface area contributed by atoms with Crippen molar-refractivity contribution in [2.75, 3.05) is 11.9 Å². The van der Waals surface area contributed by atoms with Crippen LogP contribution in [0, 0.1) is 5.82 Å². The normalized spacial score (nSPS) is 10.2. The second-order valence-corrected chi connectivity index (χ2v) is 3.87. The molecule has 2 rings (SSSR count). The van der Waals surface area contributed by atoms with Gasteiger partial charge in [-0.2, -0.15) is 5.10 Å². The van der Waals surface area contributed by atoms with Crippen molar-refractivity contribution < 1.29 is 14.3 Å². The third kappa shape index (κ3) is 3.25. The summed E-state index contributed by atoms with van der Waals surface area (Å²) in [7, 11) is 0. The molecule has 0 saturated carbocycles. The molecule has 2 aromatic rings. The molecular weight excluding hydrogens is 249 g/mol. The standard InChI is InChI=1S/C13H12FN3O2/c14-11-4-2-1-3-9(11)5-7-15-12-10(13(18)19)6-8-16-17-12/h1-4,6,8H,5,7H2,(H,15,17)(H,18,19). The van der Waals surface area contributed by atoms with Gasteiger partial charge in [0.05, 0.1) is 6.20 Å². The third-order valence-electron chi connectivity index (χ3n) is 2.60. The van der Waals surface area contributed by atoms with Crippen LogP contribution in [0.1, 0.15) is 15.9 Å². The fraction of sp³-hybridized carbons (Fsp3) is 0.154. The van der Waals surface area contributed by atoms with Crippen LogP contribution in [-0.2, 0) is 6.42 Å². The van der Waals surface area contributed by atoms with Gasteiger partial charge in [0, 0.05) is 6.54 Å². The number of aromatic carboxylic acids is 1. The van der Waals surface area contributed by atoms with Gasteiger partial charge < -0.3 is 10.4 Å². The Morgan fingerprint density at radius 3 is 2.84 bits per heavy atom. The maximum atomic E-state index is 13.4. The first-order valence-corrected chi connectivity index (χ1v) is 5.70. The number of benzene rings is 1. The Bertz CT molecular complexity index is 590. The summed E-state index contributed by atoms with van der Waals surface area (Å²) >= 11 is 0. The quantitative estimate of drug-likeness (QED) is 0.860. The van der Waals surface area contributed by atoms with Gasteiger partial charge in [0.1, 0.15) is 11.4 Å². The van der Waals surface area contributed by atoms with Crippen LogP contribution in [0.3, 0.4) is 0 Å². The van der Waals surface area contributed by atoms with E-state index in [1.54, 1.807) is 18.2 Å². The van der Waals surface area contributed by atoms with Crippen molar-refractivity contribution in [2.45, 2.75) is 6.42 Å². The number of aromatic nitrogens is 2. The minimum Gasteiger partial charge on any atom is -0.478 e. The molecule has 0 fully saturated rings. The number of nitrogens with zero attached hydrogens (tertiary/aromatic N) is 2. The summed E-state index contributed by atoms with van der Waals surface area (Å²) in [5.41, 5.74) is 0.610. The molecule has 1 aromatic carbocycles. The molecule has 0 bridgehead atoms. The summed E-state index contributed by atoms with van der Waals surface area (Å²) in [4.78, 5) is 10.9. The molecule has 0 aliphatic carbocycles. The molecular formula is C13H12FN3O2. The lowest BCUT2D eigenvalue weighted by molar-refractivity contribution is 0.0697. The van der Waals surface area contributed by atoms with Crippen LogP contribution < -0.4 is 5.32 Å². The van der Waals surface area contributed by atoms with Gasteiger partial charge in [-0.25, -0.2) is 9.18 Å². The van der Waals surface area contributed by atoms with Gasteiger partial charge in [-0.15, -0.1) is 5.10 Å². The zero-order valence-electron chi connectivity index (χ0n) is 10.0. The smallest absolute Gasteiger partial charge is 0.339 e. The van der Waals surface area contributed by atoms with Gasteiger partial charge in [0.2, 0.25) is 0 Å². The van der Waals surface area contributed by atoms with Gasteiger partial charge in [-0.05, 0) is 24.1 Å². The Morgan fingerprint density at radius 2 is 2.11 bits per heavy atom. The number of halogens is 1. The molecule has 0 radical (unpaired) electrons. The summed E-state index contributed by atoms with van der Waals surface area (Å²) in [6.45, 7) is 0.375. The van der Waals surface area contributed by atoms with E-state index >= 15 is 0 Å². The lowest BCUT2D eigenvalue weighted by Crippen LogP contribution is -2.12. The number of hydrogen-bond donors (Lipinski definition) is 2. The maximum Gasteiger partial charge on any atom is 0.339 e. The average molecular weight is 261 g/mol. The zero-order valence-corrected chi connectivity index (χ0v) is 10.0. The third-order valence-corrected chi connectivity index (χ3v) is 2.60. The monoisotopic (exact) mass is 261 g/mol. The van der Waals surface area contributed by atoms with E-state index in [4.69, 9.17) is 5.11 Å². The highest BCUT2D eigenvalue weighted by molar-refractivity contribution is 5.92. The second kappa shape index (κ2) is 5.90. The van der Waals surface area contributed by atoms with E-state index in [2.05, 4.69) is 15.5 Å². The minimum absolute atomic E-state index is 0.0449. The topological polar surface area (TPSA) is 75.1 Å². The largest absolute Gasteiger partial charge is 0.478 e.